The third kappa shape index (κ3) is 2.41. The van der Waals surface area contributed by atoms with Gasteiger partial charge in [0, 0.05) is 15.6 Å². The zero-order chi connectivity index (χ0) is 12.3. The van der Waals surface area contributed by atoms with Crippen LogP contribution in [0.15, 0.2) is 16.6 Å². The Bertz CT molecular complexity index is 428. The van der Waals surface area contributed by atoms with E-state index >= 15 is 0 Å². The van der Waals surface area contributed by atoms with Crippen molar-refractivity contribution in [2.45, 2.75) is 12.8 Å². The normalized spacial score (nSPS) is 11.9. The molecule has 1 N–H and O–H groups in total. The molecule has 0 saturated heterocycles. The predicted molar refractivity (Wildman–Crippen MR) is 62.1 cm³/mol. The Labute approximate surface area is 101 Å². The molecule has 0 aliphatic rings. The van der Waals surface area contributed by atoms with Crippen LogP contribution >= 0.6 is 15.9 Å². The molecule has 0 amide bonds. The van der Waals surface area contributed by atoms with Crippen LogP contribution in [-0.2, 0) is 4.79 Å². The van der Waals surface area contributed by atoms with Crippen LogP contribution < -0.4 is 4.74 Å². The van der Waals surface area contributed by atoms with Crippen LogP contribution in [0.4, 0.5) is 0 Å². The zero-order valence-electron chi connectivity index (χ0n) is 8.86. The maximum atomic E-state index is 10.9. The van der Waals surface area contributed by atoms with Crippen LogP contribution in [0.25, 0.3) is 0 Å². The topological polar surface area (TPSA) is 63.6 Å². The minimum Gasteiger partial charge on any atom is -0.496 e. The number of carbonyl (C=O) groups is 2. The lowest BCUT2D eigenvalue weighted by molar-refractivity contribution is -0.138. The predicted octanol–water partition coefficient (Wildman–Crippen LogP) is 2.46. The number of hydrogen-bond donors (Lipinski definition) is 1. The number of rotatable bonds is 4. The van der Waals surface area contributed by atoms with Crippen molar-refractivity contribution >= 4 is 28.2 Å². The smallest absolute Gasteiger partial charge is 0.310 e. The number of carbonyl (C=O) groups excluding carboxylic acids is 1. The number of hydrogen-bond acceptors (Lipinski definition) is 3. The van der Waals surface area contributed by atoms with E-state index in [1.807, 2.05) is 0 Å². The van der Waals surface area contributed by atoms with Gasteiger partial charge in [-0.3, -0.25) is 9.59 Å². The standard InChI is InChI=1S/C11H11BrO4/c1-6(11(14)15)8-4-9(12)7(5-13)3-10(8)16-2/h3-6H,1-2H3,(H,14,15). The van der Waals surface area contributed by atoms with Crippen molar-refractivity contribution in [1.82, 2.24) is 0 Å². The molecule has 1 atom stereocenters. The lowest BCUT2D eigenvalue weighted by Gasteiger charge is -2.13. The molecule has 4 nitrogen and oxygen atoms in total. The molecule has 86 valence electrons. The van der Waals surface area contributed by atoms with Crippen molar-refractivity contribution in [3.8, 4) is 5.75 Å². The van der Waals surface area contributed by atoms with Gasteiger partial charge in [-0.2, -0.15) is 0 Å². The fourth-order valence-electron chi connectivity index (χ4n) is 1.32. The summed E-state index contributed by atoms with van der Waals surface area (Å²) >= 11 is 3.21. The molecule has 0 radical (unpaired) electrons. The molecule has 0 aromatic heterocycles. The van der Waals surface area contributed by atoms with Crippen molar-refractivity contribution in [2.24, 2.45) is 0 Å². The SMILES string of the molecule is COc1cc(C=O)c(Br)cc1C(C)C(=O)O. The Hall–Kier alpha value is -1.36. The van der Waals surface area contributed by atoms with Crippen LogP contribution in [0, 0.1) is 0 Å². The number of aldehydes is 1. The molecule has 5 heteroatoms. The fraction of sp³-hybridized carbons (Fsp3) is 0.273. The summed E-state index contributed by atoms with van der Waals surface area (Å²) in [4.78, 5) is 21.6. The summed E-state index contributed by atoms with van der Waals surface area (Å²) in [6.45, 7) is 1.56. The Kier molecular flexibility index (Phi) is 4.06. The zero-order valence-corrected chi connectivity index (χ0v) is 10.4. The lowest BCUT2D eigenvalue weighted by atomic mass is 9.99. The first-order chi connectivity index (χ1) is 7.51. The number of carboxylic acids is 1. The average Bonchev–Trinajstić information content (AvgIpc) is 2.27. The second-order valence-electron chi connectivity index (χ2n) is 3.29. The maximum Gasteiger partial charge on any atom is 0.310 e. The fourth-order valence-corrected chi connectivity index (χ4v) is 1.78. The summed E-state index contributed by atoms with van der Waals surface area (Å²) in [5.41, 5.74) is 0.964. The minimum atomic E-state index is -0.941. The first-order valence-electron chi connectivity index (χ1n) is 4.56. The first-order valence-corrected chi connectivity index (χ1v) is 5.36. The number of aliphatic carboxylic acids is 1. The van der Waals surface area contributed by atoms with E-state index in [2.05, 4.69) is 15.9 Å². The molecule has 0 spiro atoms. The van der Waals surface area contributed by atoms with E-state index in [0.717, 1.165) is 0 Å². The minimum absolute atomic E-state index is 0.403. The van der Waals surface area contributed by atoms with Crippen molar-refractivity contribution in [3.05, 3.63) is 27.7 Å². The van der Waals surface area contributed by atoms with Gasteiger partial charge in [-0.1, -0.05) is 15.9 Å². The van der Waals surface area contributed by atoms with Crippen LogP contribution in [-0.4, -0.2) is 24.5 Å². The first kappa shape index (κ1) is 12.7. The summed E-state index contributed by atoms with van der Waals surface area (Å²) in [7, 11) is 1.44. The second kappa shape index (κ2) is 5.12. The van der Waals surface area contributed by atoms with Gasteiger partial charge in [-0.25, -0.2) is 0 Å². The van der Waals surface area contributed by atoms with E-state index in [1.54, 1.807) is 13.0 Å². The van der Waals surface area contributed by atoms with E-state index in [4.69, 9.17) is 9.84 Å². The van der Waals surface area contributed by atoms with Gasteiger partial charge in [0.15, 0.2) is 6.29 Å². The summed E-state index contributed by atoms with van der Waals surface area (Å²) in [5.74, 6) is -1.23. The van der Waals surface area contributed by atoms with Crippen LogP contribution in [0.1, 0.15) is 28.8 Å². The van der Waals surface area contributed by atoms with Crippen molar-refractivity contribution < 1.29 is 19.4 Å². The van der Waals surface area contributed by atoms with Crippen LogP contribution in [0.2, 0.25) is 0 Å². The number of halogens is 1. The summed E-state index contributed by atoms with van der Waals surface area (Å²) in [6, 6.07) is 3.12. The van der Waals surface area contributed by atoms with E-state index in [0.29, 0.717) is 27.6 Å². The molecule has 1 rings (SSSR count). The highest BCUT2D eigenvalue weighted by Gasteiger charge is 2.19. The van der Waals surface area contributed by atoms with Gasteiger partial charge in [0.2, 0.25) is 0 Å². The van der Waals surface area contributed by atoms with E-state index in [-0.39, 0.29) is 0 Å². The second-order valence-corrected chi connectivity index (χ2v) is 4.15. The highest BCUT2D eigenvalue weighted by molar-refractivity contribution is 9.10. The number of carboxylic acid groups (broad SMARTS) is 1. The Morgan fingerprint density at radius 1 is 1.56 bits per heavy atom. The molecular formula is C11H11BrO4. The third-order valence-corrected chi connectivity index (χ3v) is 3.00. The van der Waals surface area contributed by atoms with Crippen molar-refractivity contribution in [1.29, 1.82) is 0 Å². The quantitative estimate of drug-likeness (QED) is 0.864. The highest BCUT2D eigenvalue weighted by atomic mass is 79.9. The molecule has 0 aliphatic carbocycles. The van der Waals surface area contributed by atoms with Gasteiger partial charge >= 0.3 is 5.97 Å². The largest absolute Gasteiger partial charge is 0.496 e. The highest BCUT2D eigenvalue weighted by Crippen LogP contribution is 2.31. The Morgan fingerprint density at radius 2 is 2.19 bits per heavy atom. The average molecular weight is 287 g/mol. The van der Waals surface area contributed by atoms with Gasteiger partial charge < -0.3 is 9.84 Å². The molecule has 0 bridgehead atoms. The number of ether oxygens (including phenoxy) is 1. The van der Waals surface area contributed by atoms with E-state index in [9.17, 15) is 9.59 Å². The van der Waals surface area contributed by atoms with Crippen LogP contribution in [0.3, 0.4) is 0 Å². The summed E-state index contributed by atoms with van der Waals surface area (Å²) < 4.78 is 5.63. The molecular weight excluding hydrogens is 276 g/mol. The van der Waals surface area contributed by atoms with Crippen LogP contribution in [0.5, 0.6) is 5.75 Å². The summed E-state index contributed by atoms with van der Waals surface area (Å²) in [6.07, 6.45) is 0.682. The molecule has 0 saturated carbocycles. The molecule has 1 aromatic carbocycles. The Balaban J connectivity index is 3.33. The molecule has 1 unspecified atom stereocenters. The third-order valence-electron chi connectivity index (χ3n) is 2.31. The van der Waals surface area contributed by atoms with Gasteiger partial charge in [0.25, 0.3) is 0 Å². The van der Waals surface area contributed by atoms with Gasteiger partial charge in [-0.05, 0) is 19.1 Å². The van der Waals surface area contributed by atoms with Crippen molar-refractivity contribution in [3.63, 3.8) is 0 Å². The van der Waals surface area contributed by atoms with Gasteiger partial charge in [-0.15, -0.1) is 0 Å². The Morgan fingerprint density at radius 3 is 2.62 bits per heavy atom. The monoisotopic (exact) mass is 286 g/mol. The summed E-state index contributed by atoms with van der Waals surface area (Å²) in [5, 5.41) is 8.93. The molecule has 16 heavy (non-hydrogen) atoms. The number of benzene rings is 1. The number of methoxy groups -OCH3 is 1. The maximum absolute atomic E-state index is 10.9. The van der Waals surface area contributed by atoms with Crippen molar-refractivity contribution in [2.75, 3.05) is 7.11 Å². The molecule has 0 fully saturated rings. The lowest BCUT2D eigenvalue weighted by Crippen LogP contribution is -2.09. The van der Waals surface area contributed by atoms with E-state index < -0.39 is 11.9 Å². The molecule has 1 aromatic rings. The molecule has 0 aliphatic heterocycles. The molecule has 0 heterocycles. The van der Waals surface area contributed by atoms with E-state index in [1.165, 1.54) is 13.2 Å². The van der Waals surface area contributed by atoms with Gasteiger partial charge in [0.1, 0.15) is 5.75 Å². The van der Waals surface area contributed by atoms with Gasteiger partial charge in [0.05, 0.1) is 13.0 Å².